The van der Waals surface area contributed by atoms with Crippen molar-refractivity contribution in [2.45, 2.75) is 38.1 Å². The SMILES string of the molecule is O=C(NC1CC1)C1CCN(C(=O)NCCc2cccc(F)c2F)CC1. The second-order valence-corrected chi connectivity index (χ2v) is 6.74. The average Bonchev–Trinajstić information content (AvgIpc) is 3.42. The Kier molecular flexibility index (Phi) is 5.50. The van der Waals surface area contributed by atoms with Gasteiger partial charge in [0.1, 0.15) is 0 Å². The van der Waals surface area contributed by atoms with Crippen LogP contribution in [0.25, 0.3) is 0 Å². The number of halogens is 2. The predicted octanol–water partition coefficient (Wildman–Crippen LogP) is 2.21. The summed E-state index contributed by atoms with van der Waals surface area (Å²) >= 11 is 0. The normalized spacial score (nSPS) is 18.1. The second-order valence-electron chi connectivity index (χ2n) is 6.74. The number of likely N-dealkylation sites (tertiary alicyclic amines) is 1. The molecule has 1 aliphatic carbocycles. The fourth-order valence-electron chi connectivity index (χ4n) is 3.05. The van der Waals surface area contributed by atoms with Crippen molar-refractivity contribution in [2.75, 3.05) is 19.6 Å². The first-order valence-corrected chi connectivity index (χ1v) is 8.80. The zero-order chi connectivity index (χ0) is 17.8. The standard InChI is InChI=1S/C18H23F2N3O2/c19-15-3-1-2-12(16(15)20)6-9-21-18(25)23-10-7-13(8-11-23)17(24)22-14-4-5-14/h1-3,13-14H,4-11H2,(H,21,25)(H,22,24). The smallest absolute Gasteiger partial charge is 0.317 e. The van der Waals surface area contributed by atoms with Crippen LogP contribution in [-0.4, -0.2) is 42.5 Å². The van der Waals surface area contributed by atoms with E-state index in [0.29, 0.717) is 32.0 Å². The Morgan fingerprint density at radius 2 is 1.84 bits per heavy atom. The molecule has 5 nitrogen and oxygen atoms in total. The van der Waals surface area contributed by atoms with E-state index in [9.17, 15) is 18.4 Å². The number of nitrogens with zero attached hydrogens (tertiary/aromatic N) is 1. The van der Waals surface area contributed by atoms with E-state index in [2.05, 4.69) is 10.6 Å². The number of carbonyl (C=O) groups excluding carboxylic acids is 2. The molecule has 3 amide bonds. The van der Waals surface area contributed by atoms with Gasteiger partial charge < -0.3 is 15.5 Å². The van der Waals surface area contributed by atoms with E-state index in [1.807, 2.05) is 0 Å². The molecule has 0 aromatic heterocycles. The average molecular weight is 351 g/mol. The molecule has 7 heteroatoms. The van der Waals surface area contributed by atoms with Gasteiger partial charge in [-0.25, -0.2) is 13.6 Å². The van der Waals surface area contributed by atoms with Crippen molar-refractivity contribution in [3.8, 4) is 0 Å². The predicted molar refractivity (Wildman–Crippen MR) is 88.9 cm³/mol. The minimum Gasteiger partial charge on any atom is -0.353 e. The number of piperidine rings is 1. The van der Waals surface area contributed by atoms with Crippen molar-refractivity contribution in [3.63, 3.8) is 0 Å². The van der Waals surface area contributed by atoms with Gasteiger partial charge in [0.15, 0.2) is 11.6 Å². The molecule has 1 saturated carbocycles. The lowest BCUT2D eigenvalue weighted by molar-refractivity contribution is -0.126. The van der Waals surface area contributed by atoms with Gasteiger partial charge in [-0.15, -0.1) is 0 Å². The van der Waals surface area contributed by atoms with Gasteiger partial charge in [-0.3, -0.25) is 4.79 Å². The summed E-state index contributed by atoms with van der Waals surface area (Å²) in [5.74, 6) is -1.66. The van der Waals surface area contributed by atoms with Crippen LogP contribution >= 0.6 is 0 Å². The number of amides is 3. The molecule has 3 rings (SSSR count). The number of carbonyl (C=O) groups is 2. The zero-order valence-electron chi connectivity index (χ0n) is 14.1. The third-order valence-corrected chi connectivity index (χ3v) is 4.78. The minimum atomic E-state index is -0.879. The molecule has 1 aliphatic heterocycles. The van der Waals surface area contributed by atoms with Crippen LogP contribution in [-0.2, 0) is 11.2 Å². The van der Waals surface area contributed by atoms with Crippen LogP contribution < -0.4 is 10.6 Å². The number of urea groups is 1. The van der Waals surface area contributed by atoms with E-state index in [4.69, 9.17) is 0 Å². The summed E-state index contributed by atoms with van der Waals surface area (Å²) in [5, 5.41) is 5.74. The van der Waals surface area contributed by atoms with Crippen LogP contribution in [0.4, 0.5) is 13.6 Å². The van der Waals surface area contributed by atoms with E-state index in [1.54, 1.807) is 4.90 Å². The van der Waals surface area contributed by atoms with Gasteiger partial charge in [0.25, 0.3) is 0 Å². The summed E-state index contributed by atoms with van der Waals surface area (Å²) in [6.45, 7) is 1.30. The topological polar surface area (TPSA) is 61.4 Å². The molecular weight excluding hydrogens is 328 g/mol. The fourth-order valence-corrected chi connectivity index (χ4v) is 3.05. The first-order valence-electron chi connectivity index (χ1n) is 8.80. The molecule has 0 spiro atoms. The summed E-state index contributed by atoms with van der Waals surface area (Å²) in [6.07, 6.45) is 3.68. The van der Waals surface area contributed by atoms with Gasteiger partial charge in [-0.05, 0) is 43.7 Å². The molecule has 0 unspecified atom stereocenters. The van der Waals surface area contributed by atoms with E-state index < -0.39 is 11.6 Å². The molecule has 2 aliphatic rings. The van der Waals surface area contributed by atoms with Gasteiger partial charge in [-0.1, -0.05) is 12.1 Å². The lowest BCUT2D eigenvalue weighted by atomic mass is 9.96. The van der Waals surface area contributed by atoms with Gasteiger partial charge in [0.05, 0.1) is 0 Å². The Morgan fingerprint density at radius 3 is 2.52 bits per heavy atom. The fraction of sp³-hybridized carbons (Fsp3) is 0.556. The van der Waals surface area contributed by atoms with E-state index >= 15 is 0 Å². The summed E-state index contributed by atoms with van der Waals surface area (Å²) < 4.78 is 26.7. The van der Waals surface area contributed by atoms with Crippen molar-refractivity contribution < 1.29 is 18.4 Å². The molecule has 0 bridgehead atoms. The minimum absolute atomic E-state index is 0.0222. The lowest BCUT2D eigenvalue weighted by Crippen LogP contribution is -2.47. The number of benzene rings is 1. The molecule has 25 heavy (non-hydrogen) atoms. The highest BCUT2D eigenvalue weighted by atomic mass is 19.2. The molecule has 2 N–H and O–H groups in total. The van der Waals surface area contributed by atoms with Gasteiger partial charge in [-0.2, -0.15) is 0 Å². The maximum Gasteiger partial charge on any atom is 0.317 e. The van der Waals surface area contributed by atoms with E-state index in [1.165, 1.54) is 12.1 Å². The van der Waals surface area contributed by atoms with Gasteiger partial charge >= 0.3 is 6.03 Å². The summed E-state index contributed by atoms with van der Waals surface area (Å²) in [5.41, 5.74) is 0.246. The van der Waals surface area contributed by atoms with Crippen LogP contribution in [0.1, 0.15) is 31.2 Å². The summed E-state index contributed by atoms with van der Waals surface area (Å²) in [6, 6.07) is 4.16. The van der Waals surface area contributed by atoms with Crippen LogP contribution in [0, 0.1) is 17.6 Å². The Morgan fingerprint density at radius 1 is 1.12 bits per heavy atom. The van der Waals surface area contributed by atoms with Crippen molar-refractivity contribution in [1.82, 2.24) is 15.5 Å². The van der Waals surface area contributed by atoms with Crippen LogP contribution in [0.2, 0.25) is 0 Å². The van der Waals surface area contributed by atoms with Crippen molar-refractivity contribution in [1.29, 1.82) is 0 Å². The molecule has 1 aromatic carbocycles. The van der Waals surface area contributed by atoms with Crippen LogP contribution in [0.3, 0.4) is 0 Å². The highest BCUT2D eigenvalue weighted by Crippen LogP contribution is 2.22. The number of nitrogens with one attached hydrogen (secondary N) is 2. The maximum absolute atomic E-state index is 13.6. The van der Waals surface area contributed by atoms with Gasteiger partial charge in [0.2, 0.25) is 5.91 Å². The van der Waals surface area contributed by atoms with Crippen molar-refractivity contribution in [2.24, 2.45) is 5.92 Å². The lowest BCUT2D eigenvalue weighted by Gasteiger charge is -2.31. The van der Waals surface area contributed by atoms with E-state index in [0.717, 1.165) is 18.9 Å². The molecule has 1 saturated heterocycles. The summed E-state index contributed by atoms with van der Waals surface area (Å²) in [7, 11) is 0. The third-order valence-electron chi connectivity index (χ3n) is 4.78. The monoisotopic (exact) mass is 351 g/mol. The number of rotatable bonds is 5. The van der Waals surface area contributed by atoms with Crippen LogP contribution in [0.5, 0.6) is 0 Å². The highest BCUT2D eigenvalue weighted by Gasteiger charge is 2.30. The number of hydrogen-bond acceptors (Lipinski definition) is 2. The Hall–Kier alpha value is -2.18. The molecule has 2 fully saturated rings. The molecule has 1 heterocycles. The molecular formula is C18H23F2N3O2. The highest BCUT2D eigenvalue weighted by molar-refractivity contribution is 5.80. The molecule has 0 radical (unpaired) electrons. The quantitative estimate of drug-likeness (QED) is 0.854. The maximum atomic E-state index is 13.6. The van der Waals surface area contributed by atoms with Crippen molar-refractivity contribution in [3.05, 3.63) is 35.4 Å². The Bertz CT molecular complexity index is 641. The first-order chi connectivity index (χ1) is 12.0. The Balaban J connectivity index is 1.39. The Labute approximate surface area is 145 Å². The number of hydrogen-bond donors (Lipinski definition) is 2. The second kappa shape index (κ2) is 7.80. The first kappa shape index (κ1) is 17.6. The molecule has 136 valence electrons. The van der Waals surface area contributed by atoms with E-state index in [-0.39, 0.29) is 36.4 Å². The molecule has 0 atom stereocenters. The van der Waals surface area contributed by atoms with Crippen molar-refractivity contribution >= 4 is 11.9 Å². The largest absolute Gasteiger partial charge is 0.353 e. The third kappa shape index (κ3) is 4.67. The molecule has 1 aromatic rings. The van der Waals surface area contributed by atoms with Gasteiger partial charge in [0, 0.05) is 31.6 Å². The van der Waals surface area contributed by atoms with Crippen LogP contribution in [0.15, 0.2) is 18.2 Å². The zero-order valence-corrected chi connectivity index (χ0v) is 14.1. The summed E-state index contributed by atoms with van der Waals surface area (Å²) in [4.78, 5) is 25.8.